The fourth-order valence-electron chi connectivity index (χ4n) is 4.73. The van der Waals surface area contributed by atoms with Crippen molar-refractivity contribution < 1.29 is 14.6 Å². The zero-order valence-corrected chi connectivity index (χ0v) is 20.8. The van der Waals surface area contributed by atoms with Crippen LogP contribution in [0.5, 0.6) is 5.75 Å². The first-order valence-corrected chi connectivity index (χ1v) is 11.3. The van der Waals surface area contributed by atoms with Gasteiger partial charge in [-0.3, -0.25) is 4.79 Å². The van der Waals surface area contributed by atoms with E-state index in [0.29, 0.717) is 18.6 Å². The van der Waals surface area contributed by atoms with Crippen LogP contribution in [0.4, 0.5) is 0 Å². The number of aromatic hydroxyl groups is 1. The van der Waals surface area contributed by atoms with Crippen molar-refractivity contribution in [3.05, 3.63) is 28.8 Å². The molecule has 0 radical (unpaired) electrons. The largest absolute Gasteiger partial charge is 0.507 e. The zero-order chi connectivity index (χ0) is 23.1. The third kappa shape index (κ3) is 6.47. The summed E-state index contributed by atoms with van der Waals surface area (Å²) in [5.74, 6) is 0.464. The molecule has 1 aliphatic heterocycles. The second kappa shape index (κ2) is 8.18. The highest BCUT2D eigenvalue weighted by Crippen LogP contribution is 2.40. The molecule has 4 nitrogen and oxygen atoms in total. The van der Waals surface area contributed by atoms with Gasteiger partial charge in [-0.25, -0.2) is 0 Å². The Morgan fingerprint density at radius 3 is 1.83 bits per heavy atom. The Balaban J connectivity index is 2.14. The summed E-state index contributed by atoms with van der Waals surface area (Å²) in [4.78, 5) is 12.7. The number of phenolic OH excluding ortho intramolecular Hbond substituents is 1. The van der Waals surface area contributed by atoms with E-state index in [1.54, 1.807) is 0 Å². The molecule has 0 bridgehead atoms. The van der Waals surface area contributed by atoms with Gasteiger partial charge in [-0.1, -0.05) is 53.7 Å². The average molecular weight is 418 g/mol. The van der Waals surface area contributed by atoms with E-state index in [1.165, 1.54) is 0 Å². The van der Waals surface area contributed by atoms with Crippen LogP contribution in [0.25, 0.3) is 0 Å². The van der Waals surface area contributed by atoms with Gasteiger partial charge in [-0.2, -0.15) is 0 Å². The highest BCUT2D eigenvalue weighted by atomic mass is 16.5. The molecule has 1 aliphatic rings. The van der Waals surface area contributed by atoms with Gasteiger partial charge in [0.15, 0.2) is 0 Å². The topological polar surface area (TPSA) is 58.6 Å². The molecule has 1 heterocycles. The lowest BCUT2D eigenvalue weighted by atomic mass is 9.78. The van der Waals surface area contributed by atoms with Crippen LogP contribution in [0.2, 0.25) is 0 Å². The van der Waals surface area contributed by atoms with E-state index in [0.717, 1.165) is 29.5 Å². The molecular weight excluding hydrogens is 374 g/mol. The van der Waals surface area contributed by atoms with Gasteiger partial charge in [0.05, 0.1) is 11.2 Å². The summed E-state index contributed by atoms with van der Waals surface area (Å²) < 4.78 is 6.13. The predicted octanol–water partition coefficient (Wildman–Crippen LogP) is 5.77. The first-order chi connectivity index (χ1) is 13.4. The maximum Gasteiger partial charge on any atom is 0.220 e. The fraction of sp³-hybridized carbons (Fsp3) is 0.731. The molecule has 0 aromatic heterocycles. The molecule has 30 heavy (non-hydrogen) atoms. The number of nitrogens with one attached hydrogen (secondary N) is 1. The molecule has 0 unspecified atom stereocenters. The van der Waals surface area contributed by atoms with Crippen molar-refractivity contribution in [1.29, 1.82) is 0 Å². The Morgan fingerprint density at radius 1 is 1.00 bits per heavy atom. The van der Waals surface area contributed by atoms with Crippen LogP contribution in [0.3, 0.4) is 0 Å². The van der Waals surface area contributed by atoms with Crippen molar-refractivity contribution in [1.82, 2.24) is 5.32 Å². The van der Waals surface area contributed by atoms with Crippen LogP contribution in [0, 0.1) is 0 Å². The monoisotopic (exact) mass is 417 g/mol. The lowest BCUT2D eigenvalue weighted by Gasteiger charge is -2.45. The first-order valence-electron chi connectivity index (χ1n) is 11.3. The van der Waals surface area contributed by atoms with E-state index in [4.69, 9.17) is 4.74 Å². The van der Waals surface area contributed by atoms with Crippen LogP contribution in [-0.2, 0) is 26.8 Å². The Labute approximate surface area is 183 Å². The highest BCUT2D eigenvalue weighted by Gasteiger charge is 2.39. The molecule has 1 aromatic carbocycles. The van der Waals surface area contributed by atoms with E-state index in [1.807, 2.05) is 0 Å². The molecule has 0 saturated carbocycles. The SMILES string of the molecule is CC1(C)CC(NC(=O)CCc2cc(C(C)(C)C)c(O)c(C(C)(C)C)c2)CC(C)(C)O1. The number of amides is 1. The van der Waals surface area contributed by atoms with Gasteiger partial charge in [0.1, 0.15) is 5.75 Å². The Hall–Kier alpha value is -1.55. The van der Waals surface area contributed by atoms with Crippen LogP contribution in [0.15, 0.2) is 12.1 Å². The van der Waals surface area contributed by atoms with E-state index in [9.17, 15) is 9.90 Å². The van der Waals surface area contributed by atoms with E-state index >= 15 is 0 Å². The fourth-order valence-corrected chi connectivity index (χ4v) is 4.73. The summed E-state index contributed by atoms with van der Waals surface area (Å²) in [7, 11) is 0. The summed E-state index contributed by atoms with van der Waals surface area (Å²) >= 11 is 0. The van der Waals surface area contributed by atoms with E-state index < -0.39 is 0 Å². The zero-order valence-electron chi connectivity index (χ0n) is 20.8. The normalized spacial score (nSPS) is 19.5. The van der Waals surface area contributed by atoms with Crippen LogP contribution < -0.4 is 5.32 Å². The van der Waals surface area contributed by atoms with Crippen molar-refractivity contribution >= 4 is 5.91 Å². The minimum absolute atomic E-state index is 0.0798. The summed E-state index contributed by atoms with van der Waals surface area (Å²) in [5.41, 5.74) is 2.19. The van der Waals surface area contributed by atoms with Crippen molar-refractivity contribution in [2.45, 2.75) is 123 Å². The number of aryl methyl sites for hydroxylation is 1. The summed E-state index contributed by atoms with van der Waals surface area (Å²) in [5, 5.41) is 14.1. The molecule has 1 fully saturated rings. The average Bonchev–Trinajstić information content (AvgIpc) is 2.48. The molecule has 4 heteroatoms. The van der Waals surface area contributed by atoms with Crippen LogP contribution >= 0.6 is 0 Å². The number of carbonyl (C=O) groups is 1. The molecule has 0 spiro atoms. The van der Waals surface area contributed by atoms with Crippen molar-refractivity contribution in [3.63, 3.8) is 0 Å². The minimum atomic E-state index is -0.236. The molecule has 170 valence electrons. The van der Waals surface area contributed by atoms with Gasteiger partial charge in [0.2, 0.25) is 5.91 Å². The Bertz CT molecular complexity index is 727. The lowest BCUT2D eigenvalue weighted by molar-refractivity contribution is -0.165. The van der Waals surface area contributed by atoms with Crippen molar-refractivity contribution in [2.75, 3.05) is 0 Å². The second-order valence-electron chi connectivity index (χ2n) is 12.3. The van der Waals surface area contributed by atoms with Gasteiger partial charge in [0.25, 0.3) is 0 Å². The van der Waals surface area contributed by atoms with Gasteiger partial charge in [0, 0.05) is 12.5 Å². The third-order valence-electron chi connectivity index (χ3n) is 5.82. The maximum atomic E-state index is 12.7. The molecule has 2 rings (SSSR count). The smallest absolute Gasteiger partial charge is 0.220 e. The number of benzene rings is 1. The highest BCUT2D eigenvalue weighted by molar-refractivity contribution is 5.76. The molecular formula is C26H43NO3. The third-order valence-corrected chi connectivity index (χ3v) is 5.82. The number of ether oxygens (including phenoxy) is 1. The molecule has 1 saturated heterocycles. The first kappa shape index (κ1) is 24.7. The molecule has 1 aromatic rings. The van der Waals surface area contributed by atoms with Crippen LogP contribution in [0.1, 0.15) is 105 Å². The van der Waals surface area contributed by atoms with Crippen molar-refractivity contribution in [2.24, 2.45) is 0 Å². The summed E-state index contributed by atoms with van der Waals surface area (Å²) in [6.07, 6.45) is 2.75. The van der Waals surface area contributed by atoms with Gasteiger partial charge < -0.3 is 15.2 Å². The number of hydrogen-bond acceptors (Lipinski definition) is 3. The minimum Gasteiger partial charge on any atom is -0.507 e. The maximum absolute atomic E-state index is 12.7. The number of carbonyl (C=O) groups excluding carboxylic acids is 1. The quantitative estimate of drug-likeness (QED) is 0.653. The van der Waals surface area contributed by atoms with Gasteiger partial charge in [-0.05, 0) is 74.5 Å². The Kier molecular flexibility index (Phi) is 6.74. The molecule has 1 amide bonds. The Morgan fingerprint density at radius 2 is 1.43 bits per heavy atom. The predicted molar refractivity (Wildman–Crippen MR) is 124 cm³/mol. The number of hydrogen-bond donors (Lipinski definition) is 2. The van der Waals surface area contributed by atoms with Crippen molar-refractivity contribution in [3.8, 4) is 5.75 Å². The van der Waals surface area contributed by atoms with Crippen LogP contribution in [-0.4, -0.2) is 28.3 Å². The molecule has 0 aliphatic carbocycles. The van der Waals surface area contributed by atoms with E-state index in [2.05, 4.69) is 86.7 Å². The molecule has 2 N–H and O–H groups in total. The number of phenols is 1. The summed E-state index contributed by atoms with van der Waals surface area (Å²) in [6, 6.07) is 4.27. The lowest BCUT2D eigenvalue weighted by Crippen LogP contribution is -2.53. The number of rotatable bonds is 4. The second-order valence-corrected chi connectivity index (χ2v) is 12.3. The van der Waals surface area contributed by atoms with Gasteiger partial charge >= 0.3 is 0 Å². The standard InChI is InChI=1S/C26H43NO3/c1-23(2,3)19-13-17(14-20(22(19)29)24(4,5)6)11-12-21(28)27-18-15-25(7,8)30-26(9,10)16-18/h13-14,18,29H,11-12,15-16H2,1-10H3,(H,27,28). The summed E-state index contributed by atoms with van der Waals surface area (Å²) in [6.45, 7) is 21.0. The van der Waals surface area contributed by atoms with E-state index in [-0.39, 0.29) is 34.0 Å². The molecule has 0 atom stereocenters. The van der Waals surface area contributed by atoms with Gasteiger partial charge in [-0.15, -0.1) is 0 Å².